The van der Waals surface area contributed by atoms with Gasteiger partial charge in [0.15, 0.2) is 0 Å². The summed E-state index contributed by atoms with van der Waals surface area (Å²) in [5.41, 5.74) is 4.26. The minimum atomic E-state index is 0.0922. The molecule has 138 valence electrons. The van der Waals surface area contributed by atoms with Gasteiger partial charge in [0.25, 0.3) is 0 Å². The summed E-state index contributed by atoms with van der Waals surface area (Å²) in [6, 6.07) is 17.8. The van der Waals surface area contributed by atoms with Crippen LogP contribution in [0.3, 0.4) is 0 Å². The number of hydrogen-bond donors (Lipinski definition) is 1. The number of rotatable bonds is 4. The van der Waals surface area contributed by atoms with Crippen molar-refractivity contribution < 1.29 is 5.11 Å². The summed E-state index contributed by atoms with van der Waals surface area (Å²) < 4.78 is 0. The third-order valence-electron chi connectivity index (χ3n) is 6.78. The van der Waals surface area contributed by atoms with Gasteiger partial charge >= 0.3 is 0 Å². The van der Waals surface area contributed by atoms with Gasteiger partial charge in [-0.1, -0.05) is 43.3 Å². The van der Waals surface area contributed by atoms with Gasteiger partial charge in [-0.3, -0.25) is 0 Å². The minimum Gasteiger partial charge on any atom is -0.508 e. The molecule has 0 radical (unpaired) electrons. The highest BCUT2D eigenvalue weighted by atomic mass is 16.3. The average Bonchev–Trinajstić information content (AvgIpc) is 2.65. The van der Waals surface area contributed by atoms with Crippen molar-refractivity contribution in [3.8, 4) is 5.75 Å². The number of hydrogen-bond acceptors (Lipinski definition) is 3. The van der Waals surface area contributed by atoms with E-state index in [1.165, 1.54) is 16.7 Å². The van der Waals surface area contributed by atoms with Gasteiger partial charge in [-0.25, -0.2) is 0 Å². The first-order chi connectivity index (χ1) is 12.5. The van der Waals surface area contributed by atoms with Crippen molar-refractivity contribution in [1.29, 1.82) is 0 Å². The Morgan fingerprint density at radius 2 is 1.96 bits per heavy atom. The second kappa shape index (κ2) is 6.71. The van der Waals surface area contributed by atoms with Crippen LogP contribution in [0.1, 0.15) is 30.0 Å². The number of phenolic OH excluding ortho intramolecular Hbond substituents is 1. The van der Waals surface area contributed by atoms with Gasteiger partial charge in [0.1, 0.15) is 5.75 Å². The van der Waals surface area contributed by atoms with Crippen LogP contribution < -0.4 is 0 Å². The first-order valence-electron chi connectivity index (χ1n) is 9.76. The molecule has 0 amide bonds. The summed E-state index contributed by atoms with van der Waals surface area (Å²) in [5, 5.41) is 10.1. The topological polar surface area (TPSA) is 26.7 Å². The third kappa shape index (κ3) is 2.93. The first kappa shape index (κ1) is 17.6. The van der Waals surface area contributed by atoms with Crippen molar-refractivity contribution in [1.82, 2.24) is 9.80 Å². The lowest BCUT2D eigenvalue weighted by Crippen LogP contribution is -2.66. The number of nitrogens with zero attached hydrogens (tertiary/aromatic N) is 2. The van der Waals surface area contributed by atoms with Crippen LogP contribution in [0.2, 0.25) is 0 Å². The number of aromatic hydroxyl groups is 1. The van der Waals surface area contributed by atoms with Gasteiger partial charge in [-0.15, -0.1) is 0 Å². The van der Waals surface area contributed by atoms with Crippen molar-refractivity contribution in [2.75, 3.05) is 27.2 Å². The predicted molar refractivity (Wildman–Crippen MR) is 107 cm³/mol. The highest BCUT2D eigenvalue weighted by Crippen LogP contribution is 2.47. The van der Waals surface area contributed by atoms with Crippen molar-refractivity contribution in [3.63, 3.8) is 0 Å². The van der Waals surface area contributed by atoms with E-state index >= 15 is 0 Å². The molecule has 1 aliphatic heterocycles. The monoisotopic (exact) mass is 350 g/mol. The minimum absolute atomic E-state index is 0.0922. The maximum atomic E-state index is 10.1. The molecule has 1 saturated heterocycles. The van der Waals surface area contributed by atoms with Crippen molar-refractivity contribution in [2.45, 2.75) is 43.7 Å². The molecule has 2 aliphatic rings. The Labute approximate surface area is 157 Å². The molecule has 3 atom stereocenters. The molecule has 1 N–H and O–H groups in total. The molecule has 0 unspecified atom stereocenters. The maximum Gasteiger partial charge on any atom is 0.115 e. The van der Waals surface area contributed by atoms with E-state index in [4.69, 9.17) is 0 Å². The van der Waals surface area contributed by atoms with Gasteiger partial charge in [0.05, 0.1) is 0 Å². The summed E-state index contributed by atoms with van der Waals surface area (Å²) in [6.45, 7) is 4.59. The largest absolute Gasteiger partial charge is 0.508 e. The predicted octanol–water partition coefficient (Wildman–Crippen LogP) is 3.45. The summed E-state index contributed by atoms with van der Waals surface area (Å²) in [4.78, 5) is 5.11. The molecule has 1 heterocycles. The van der Waals surface area contributed by atoms with Crippen LogP contribution in [0.15, 0.2) is 48.5 Å². The lowest BCUT2D eigenvalue weighted by molar-refractivity contribution is 0.00308. The van der Waals surface area contributed by atoms with E-state index in [1.54, 1.807) is 0 Å². The van der Waals surface area contributed by atoms with Crippen LogP contribution >= 0.6 is 0 Å². The Morgan fingerprint density at radius 3 is 2.73 bits per heavy atom. The number of piperidine rings is 1. The van der Waals surface area contributed by atoms with Gasteiger partial charge in [-0.2, -0.15) is 0 Å². The molecule has 2 bridgehead atoms. The number of likely N-dealkylation sites (tertiary alicyclic amines) is 1. The lowest BCUT2D eigenvalue weighted by Gasteiger charge is -2.57. The Kier molecular flexibility index (Phi) is 4.54. The Hall–Kier alpha value is -1.84. The molecule has 4 rings (SSSR count). The van der Waals surface area contributed by atoms with Crippen molar-refractivity contribution in [3.05, 3.63) is 65.2 Å². The van der Waals surface area contributed by atoms with Gasteiger partial charge in [0, 0.05) is 24.0 Å². The van der Waals surface area contributed by atoms with Crippen molar-refractivity contribution >= 4 is 0 Å². The van der Waals surface area contributed by atoms with Gasteiger partial charge in [0.2, 0.25) is 0 Å². The molecule has 26 heavy (non-hydrogen) atoms. The van der Waals surface area contributed by atoms with E-state index in [1.807, 2.05) is 12.1 Å². The normalized spacial score (nSPS) is 28.2. The zero-order chi connectivity index (χ0) is 18.3. The second-order valence-corrected chi connectivity index (χ2v) is 8.42. The molecule has 3 nitrogen and oxygen atoms in total. The Morgan fingerprint density at radius 1 is 1.19 bits per heavy atom. The molecule has 0 spiro atoms. The molecular weight excluding hydrogens is 320 g/mol. The second-order valence-electron chi connectivity index (χ2n) is 8.42. The quantitative estimate of drug-likeness (QED) is 0.915. The summed E-state index contributed by atoms with van der Waals surface area (Å²) in [7, 11) is 4.56. The van der Waals surface area contributed by atoms with Gasteiger partial charge in [-0.05, 0) is 68.7 Å². The van der Waals surface area contributed by atoms with Crippen LogP contribution in [-0.4, -0.2) is 54.2 Å². The summed E-state index contributed by atoms with van der Waals surface area (Å²) >= 11 is 0. The van der Waals surface area contributed by atoms with Gasteiger partial charge < -0.3 is 14.9 Å². The Balaban J connectivity index is 1.64. The number of fused-ring (bicyclic) bond motifs is 4. The van der Waals surface area contributed by atoms with Crippen LogP contribution in [-0.2, 0) is 18.3 Å². The van der Waals surface area contributed by atoms with E-state index in [0.29, 0.717) is 17.8 Å². The average molecular weight is 351 g/mol. The molecule has 2 aromatic rings. The van der Waals surface area contributed by atoms with E-state index in [9.17, 15) is 5.11 Å². The SMILES string of the molecule is CN1CC[C@]2(C)c3cc(O)ccc3C[C@@H]1[C@H]2N(C)CCc1ccccc1. The van der Waals surface area contributed by atoms with Crippen LogP contribution in [0.4, 0.5) is 0 Å². The fraction of sp³-hybridized carbons (Fsp3) is 0.478. The van der Waals surface area contributed by atoms with Crippen molar-refractivity contribution in [2.24, 2.45) is 0 Å². The lowest BCUT2D eigenvalue weighted by atomic mass is 9.61. The Bertz CT molecular complexity index is 775. The van der Waals surface area contributed by atoms with E-state index in [2.05, 4.69) is 67.2 Å². The van der Waals surface area contributed by atoms with Crippen LogP contribution in [0, 0.1) is 0 Å². The van der Waals surface area contributed by atoms with E-state index < -0.39 is 0 Å². The fourth-order valence-electron chi connectivity index (χ4n) is 5.32. The summed E-state index contributed by atoms with van der Waals surface area (Å²) in [6.07, 6.45) is 3.28. The smallest absolute Gasteiger partial charge is 0.115 e. The molecule has 1 aliphatic carbocycles. The van der Waals surface area contributed by atoms with E-state index in [-0.39, 0.29) is 5.41 Å². The van der Waals surface area contributed by atoms with Crippen LogP contribution in [0.5, 0.6) is 5.75 Å². The fourth-order valence-corrected chi connectivity index (χ4v) is 5.32. The zero-order valence-electron chi connectivity index (χ0n) is 16.2. The third-order valence-corrected chi connectivity index (χ3v) is 6.78. The number of likely N-dealkylation sites (N-methyl/N-ethyl adjacent to an activating group) is 2. The molecule has 1 fully saturated rings. The molecule has 2 aromatic carbocycles. The van der Waals surface area contributed by atoms with Crippen LogP contribution in [0.25, 0.3) is 0 Å². The maximum absolute atomic E-state index is 10.1. The number of phenols is 1. The molecule has 3 heteroatoms. The van der Waals surface area contributed by atoms with E-state index in [0.717, 1.165) is 32.4 Å². The summed E-state index contributed by atoms with van der Waals surface area (Å²) in [5.74, 6) is 0.396. The highest BCUT2D eigenvalue weighted by molar-refractivity contribution is 5.45. The number of benzene rings is 2. The molecule has 0 saturated carbocycles. The standard InChI is InChI=1S/C23H30N2O/c1-23-12-14-24(2)21(15-18-9-10-19(26)16-20(18)23)22(23)25(3)13-11-17-7-5-4-6-8-17/h4-10,16,21-22,26H,11-15H2,1-3H3/t21-,22-,23-/m1/s1. The highest BCUT2D eigenvalue weighted by Gasteiger charge is 2.51. The molecular formula is C23H30N2O. The zero-order valence-corrected chi connectivity index (χ0v) is 16.2. The first-order valence-corrected chi connectivity index (χ1v) is 9.76. The molecule has 0 aromatic heterocycles.